The molecule has 1 aliphatic heterocycles. The number of amides is 1. The largest absolute Gasteiger partial charge is 0.494 e. The average Bonchev–Trinajstić information content (AvgIpc) is 3.48. The van der Waals surface area contributed by atoms with Gasteiger partial charge in [-0.25, -0.2) is 9.78 Å². The Balaban J connectivity index is 1.66. The smallest absolute Gasteiger partial charge is 0.350 e. The standard InChI is InChI=1S/C32H32N2O6S/c1-6-8-9-14-38-22-12-10-11-21(17-22)26-25-27(35)23-15-18(3)19(4)16-24(23)40-28(25)30(36)34(26)32-33-20(5)29(41-32)31(37)39-13-7-2/h7,10-12,15-17,26H,2,6,8-9,13-14H2,1,3-5H3. The number of unbranched alkanes of at least 4 members (excludes halogenated alkanes) is 2. The third-order valence-corrected chi connectivity index (χ3v) is 8.32. The van der Waals surface area contributed by atoms with Gasteiger partial charge in [0.25, 0.3) is 5.91 Å². The molecule has 0 spiro atoms. The Kier molecular flexibility index (Phi) is 8.08. The van der Waals surface area contributed by atoms with Crippen LogP contribution in [-0.4, -0.2) is 30.1 Å². The Morgan fingerprint density at radius 2 is 1.93 bits per heavy atom. The zero-order valence-electron chi connectivity index (χ0n) is 23.6. The van der Waals surface area contributed by atoms with E-state index in [1.807, 2.05) is 38.1 Å². The molecule has 41 heavy (non-hydrogen) atoms. The third-order valence-electron chi connectivity index (χ3n) is 7.19. The molecule has 0 saturated heterocycles. The molecule has 2 aromatic heterocycles. The number of carbonyl (C=O) groups is 2. The molecule has 0 radical (unpaired) electrons. The number of carbonyl (C=O) groups excluding carboxylic acids is 2. The summed E-state index contributed by atoms with van der Waals surface area (Å²) in [5.74, 6) is -0.453. The summed E-state index contributed by atoms with van der Waals surface area (Å²) in [5.41, 5.74) is 3.29. The average molecular weight is 573 g/mol. The van der Waals surface area contributed by atoms with Crippen molar-refractivity contribution in [3.8, 4) is 5.75 Å². The lowest BCUT2D eigenvalue weighted by molar-refractivity contribution is 0.0554. The first kappa shape index (κ1) is 28.3. The van der Waals surface area contributed by atoms with Crippen molar-refractivity contribution in [2.24, 2.45) is 0 Å². The summed E-state index contributed by atoms with van der Waals surface area (Å²) < 4.78 is 17.4. The number of anilines is 1. The molecule has 0 N–H and O–H groups in total. The van der Waals surface area contributed by atoms with Gasteiger partial charge in [0, 0.05) is 0 Å². The van der Waals surface area contributed by atoms with Crippen LogP contribution in [0.15, 0.2) is 58.3 Å². The van der Waals surface area contributed by atoms with E-state index >= 15 is 0 Å². The van der Waals surface area contributed by atoms with Crippen LogP contribution in [0.25, 0.3) is 11.0 Å². The molecule has 0 bridgehead atoms. The van der Waals surface area contributed by atoms with E-state index in [9.17, 15) is 14.4 Å². The van der Waals surface area contributed by atoms with Crippen molar-refractivity contribution in [1.29, 1.82) is 0 Å². The second kappa shape index (κ2) is 11.7. The van der Waals surface area contributed by atoms with Crippen molar-refractivity contribution in [3.63, 3.8) is 0 Å². The Hall–Kier alpha value is -4.24. The topological polar surface area (TPSA) is 98.9 Å². The number of thiazole rings is 1. The van der Waals surface area contributed by atoms with Crippen LogP contribution in [0.3, 0.4) is 0 Å². The van der Waals surface area contributed by atoms with Crippen LogP contribution in [0.4, 0.5) is 5.13 Å². The number of ether oxygens (including phenoxy) is 2. The van der Waals surface area contributed by atoms with Crippen molar-refractivity contribution in [2.75, 3.05) is 18.1 Å². The molecule has 1 unspecified atom stereocenters. The van der Waals surface area contributed by atoms with Gasteiger partial charge < -0.3 is 13.9 Å². The summed E-state index contributed by atoms with van der Waals surface area (Å²) in [4.78, 5) is 47.0. The Labute approximate surface area is 242 Å². The maximum atomic E-state index is 14.0. The predicted molar refractivity (Wildman–Crippen MR) is 159 cm³/mol. The maximum absolute atomic E-state index is 14.0. The van der Waals surface area contributed by atoms with E-state index in [0.29, 0.717) is 34.6 Å². The van der Waals surface area contributed by atoms with Crippen LogP contribution in [0.2, 0.25) is 0 Å². The molecule has 2 aromatic carbocycles. The highest BCUT2D eigenvalue weighted by Crippen LogP contribution is 2.44. The molecule has 3 heterocycles. The fraction of sp³-hybridized carbons (Fsp3) is 0.312. The van der Waals surface area contributed by atoms with Gasteiger partial charge >= 0.3 is 5.97 Å². The zero-order valence-corrected chi connectivity index (χ0v) is 24.4. The van der Waals surface area contributed by atoms with Gasteiger partial charge in [-0.1, -0.05) is 55.9 Å². The molecule has 212 valence electrons. The van der Waals surface area contributed by atoms with E-state index in [4.69, 9.17) is 13.9 Å². The van der Waals surface area contributed by atoms with Crippen molar-refractivity contribution in [1.82, 2.24) is 4.98 Å². The monoisotopic (exact) mass is 572 g/mol. The highest BCUT2D eigenvalue weighted by atomic mass is 32.1. The molecule has 8 nitrogen and oxygen atoms in total. The minimum Gasteiger partial charge on any atom is -0.494 e. The lowest BCUT2D eigenvalue weighted by Gasteiger charge is -2.23. The lowest BCUT2D eigenvalue weighted by atomic mass is 9.97. The molecule has 4 aromatic rings. The molecule has 1 atom stereocenters. The third kappa shape index (κ3) is 5.29. The van der Waals surface area contributed by atoms with E-state index in [1.165, 1.54) is 11.0 Å². The molecule has 0 saturated carbocycles. The number of aryl methyl sites for hydroxylation is 3. The summed E-state index contributed by atoms with van der Waals surface area (Å²) in [7, 11) is 0. The van der Waals surface area contributed by atoms with Crippen molar-refractivity contribution >= 4 is 39.3 Å². The van der Waals surface area contributed by atoms with E-state index in [-0.39, 0.29) is 33.4 Å². The van der Waals surface area contributed by atoms with Gasteiger partial charge in [-0.3, -0.25) is 14.5 Å². The van der Waals surface area contributed by atoms with Gasteiger partial charge in [-0.15, -0.1) is 0 Å². The van der Waals surface area contributed by atoms with Crippen molar-refractivity contribution in [3.05, 3.63) is 97.9 Å². The highest BCUT2D eigenvalue weighted by molar-refractivity contribution is 7.17. The van der Waals surface area contributed by atoms with Crippen molar-refractivity contribution in [2.45, 2.75) is 53.0 Å². The summed E-state index contributed by atoms with van der Waals surface area (Å²) in [6.07, 6.45) is 4.55. The first-order valence-corrected chi connectivity index (χ1v) is 14.5. The van der Waals surface area contributed by atoms with E-state index in [2.05, 4.69) is 18.5 Å². The van der Waals surface area contributed by atoms with Gasteiger partial charge in [0.15, 0.2) is 10.6 Å². The number of aromatic nitrogens is 1. The normalized spacial score (nSPS) is 14.4. The molecule has 5 rings (SSSR count). The molecule has 9 heteroatoms. The molecule has 1 amide bonds. The summed E-state index contributed by atoms with van der Waals surface area (Å²) in [6.45, 7) is 11.9. The Morgan fingerprint density at radius 1 is 1.15 bits per heavy atom. The Bertz CT molecular complexity index is 1720. The number of hydrogen-bond donors (Lipinski definition) is 0. The molecule has 0 fully saturated rings. The Morgan fingerprint density at radius 3 is 2.68 bits per heavy atom. The quantitative estimate of drug-likeness (QED) is 0.117. The van der Waals surface area contributed by atoms with Crippen molar-refractivity contribution < 1.29 is 23.5 Å². The molecular weight excluding hydrogens is 540 g/mol. The highest BCUT2D eigenvalue weighted by Gasteiger charge is 2.45. The van der Waals surface area contributed by atoms with Crippen LogP contribution in [-0.2, 0) is 4.74 Å². The number of fused-ring (bicyclic) bond motifs is 2. The molecule has 1 aliphatic rings. The van der Waals surface area contributed by atoms with Gasteiger partial charge in [0.05, 0.1) is 29.3 Å². The second-order valence-electron chi connectivity index (χ2n) is 10.1. The minimum absolute atomic E-state index is 0.0337. The number of hydrogen-bond acceptors (Lipinski definition) is 8. The van der Waals surface area contributed by atoms with E-state index < -0.39 is 17.9 Å². The van der Waals surface area contributed by atoms with Crippen LogP contribution >= 0.6 is 11.3 Å². The van der Waals surface area contributed by atoms with E-state index in [1.54, 1.807) is 19.1 Å². The fourth-order valence-electron chi connectivity index (χ4n) is 4.93. The predicted octanol–water partition coefficient (Wildman–Crippen LogP) is 6.84. The summed E-state index contributed by atoms with van der Waals surface area (Å²) in [5, 5.41) is 0.669. The fourth-order valence-corrected chi connectivity index (χ4v) is 5.92. The first-order valence-electron chi connectivity index (χ1n) is 13.6. The minimum atomic E-state index is -0.832. The maximum Gasteiger partial charge on any atom is 0.350 e. The second-order valence-corrected chi connectivity index (χ2v) is 11.1. The lowest BCUT2D eigenvalue weighted by Crippen LogP contribution is -2.29. The number of benzene rings is 2. The number of esters is 1. The molecular formula is C32H32N2O6S. The first-order chi connectivity index (χ1) is 19.7. The van der Waals surface area contributed by atoms with Gasteiger partial charge in [0.1, 0.15) is 22.8 Å². The number of nitrogens with zero attached hydrogens (tertiary/aromatic N) is 2. The molecule has 0 aliphatic carbocycles. The van der Waals surface area contributed by atoms with Crippen LogP contribution in [0, 0.1) is 20.8 Å². The summed E-state index contributed by atoms with van der Waals surface area (Å²) >= 11 is 1.04. The van der Waals surface area contributed by atoms with Gasteiger partial charge in [-0.2, -0.15) is 0 Å². The van der Waals surface area contributed by atoms with Gasteiger partial charge in [-0.05, 0) is 68.1 Å². The van der Waals surface area contributed by atoms with Gasteiger partial charge in [0.2, 0.25) is 5.76 Å². The van der Waals surface area contributed by atoms with Crippen LogP contribution < -0.4 is 15.1 Å². The zero-order chi connectivity index (χ0) is 29.3. The number of rotatable bonds is 10. The summed E-state index contributed by atoms with van der Waals surface area (Å²) in [6, 6.07) is 10.1. The van der Waals surface area contributed by atoms with Crippen LogP contribution in [0.5, 0.6) is 5.75 Å². The van der Waals surface area contributed by atoms with Crippen LogP contribution in [0.1, 0.15) is 80.4 Å². The SMILES string of the molecule is C=CCOC(=O)c1sc(N2C(=O)c3oc4cc(C)c(C)cc4c(=O)c3C2c2cccc(OCCCCC)c2)nc1C. The van der Waals surface area contributed by atoms with E-state index in [0.717, 1.165) is 41.7 Å².